The van der Waals surface area contributed by atoms with E-state index in [9.17, 15) is 4.39 Å². The predicted molar refractivity (Wildman–Crippen MR) is 84.2 cm³/mol. The minimum atomic E-state index is -0.312. The standard InChI is InChI=1S/C13H17BrClFN2.ClH/c14-12-2-1-10(15)9-11(12)13(3-4-16)18-7-5-17-6-8-18;/h1-2,9,13,17H,3-8H2;1H/t13-;/m0./s1. The zero-order valence-electron chi connectivity index (χ0n) is 10.5. The third-order valence-corrected chi connectivity index (χ3v) is 4.25. The minimum Gasteiger partial charge on any atom is -0.314 e. The van der Waals surface area contributed by atoms with Crippen molar-refractivity contribution in [2.75, 3.05) is 32.9 Å². The number of alkyl halides is 1. The lowest BCUT2D eigenvalue weighted by Crippen LogP contribution is -2.45. The summed E-state index contributed by atoms with van der Waals surface area (Å²) in [5, 5.41) is 4.02. The van der Waals surface area contributed by atoms with Gasteiger partial charge in [-0.3, -0.25) is 9.29 Å². The van der Waals surface area contributed by atoms with Crippen LogP contribution in [0, 0.1) is 0 Å². The van der Waals surface area contributed by atoms with E-state index in [2.05, 4.69) is 26.1 Å². The second-order valence-corrected chi connectivity index (χ2v) is 5.74. The fourth-order valence-electron chi connectivity index (χ4n) is 2.40. The Morgan fingerprint density at radius 1 is 1.37 bits per heavy atom. The summed E-state index contributed by atoms with van der Waals surface area (Å²) in [5.41, 5.74) is 1.09. The SMILES string of the molecule is Cl.FCC[C@@H](c1cc(Cl)ccc1Br)N1CCNCC1. The molecule has 1 aromatic rings. The number of rotatable bonds is 4. The van der Waals surface area contributed by atoms with Crippen molar-refractivity contribution in [1.82, 2.24) is 10.2 Å². The van der Waals surface area contributed by atoms with Crippen molar-refractivity contribution < 1.29 is 4.39 Å². The van der Waals surface area contributed by atoms with E-state index in [-0.39, 0.29) is 25.1 Å². The fourth-order valence-corrected chi connectivity index (χ4v) is 3.09. The maximum atomic E-state index is 12.8. The largest absolute Gasteiger partial charge is 0.314 e. The molecule has 1 heterocycles. The molecule has 1 saturated heterocycles. The van der Waals surface area contributed by atoms with Gasteiger partial charge in [-0.25, -0.2) is 0 Å². The van der Waals surface area contributed by atoms with Crippen LogP contribution in [0.4, 0.5) is 4.39 Å². The van der Waals surface area contributed by atoms with E-state index in [1.54, 1.807) is 0 Å². The lowest BCUT2D eigenvalue weighted by Gasteiger charge is -2.35. The number of hydrogen-bond donors (Lipinski definition) is 1. The van der Waals surface area contributed by atoms with E-state index in [1.807, 2.05) is 18.2 Å². The van der Waals surface area contributed by atoms with Crippen LogP contribution in [0.15, 0.2) is 22.7 Å². The Hall–Kier alpha value is 0.130. The molecule has 1 fully saturated rings. The summed E-state index contributed by atoms with van der Waals surface area (Å²) in [4.78, 5) is 2.33. The molecule has 1 N–H and O–H groups in total. The zero-order valence-corrected chi connectivity index (χ0v) is 13.7. The summed E-state index contributed by atoms with van der Waals surface area (Å²) in [7, 11) is 0. The third-order valence-electron chi connectivity index (χ3n) is 3.29. The van der Waals surface area contributed by atoms with Crippen LogP contribution in [0.1, 0.15) is 18.0 Å². The molecule has 0 spiro atoms. The first kappa shape index (κ1) is 17.2. The van der Waals surface area contributed by atoms with E-state index in [0.29, 0.717) is 11.4 Å². The van der Waals surface area contributed by atoms with Crippen LogP contribution >= 0.6 is 39.9 Å². The molecule has 2 rings (SSSR count). The molecule has 0 aliphatic carbocycles. The Morgan fingerprint density at radius 2 is 2.05 bits per heavy atom. The van der Waals surface area contributed by atoms with Gasteiger partial charge in [-0.1, -0.05) is 27.5 Å². The lowest BCUT2D eigenvalue weighted by molar-refractivity contribution is 0.157. The Morgan fingerprint density at radius 3 is 2.68 bits per heavy atom. The summed E-state index contributed by atoms with van der Waals surface area (Å²) in [5.74, 6) is 0. The molecule has 1 atom stereocenters. The minimum absolute atomic E-state index is 0. The number of piperazine rings is 1. The maximum absolute atomic E-state index is 12.8. The van der Waals surface area contributed by atoms with Crippen molar-refractivity contribution in [3.05, 3.63) is 33.3 Å². The highest BCUT2D eigenvalue weighted by Crippen LogP contribution is 2.32. The highest BCUT2D eigenvalue weighted by Gasteiger charge is 2.23. The van der Waals surface area contributed by atoms with Crippen LogP contribution in [0.25, 0.3) is 0 Å². The quantitative estimate of drug-likeness (QED) is 0.865. The molecule has 1 aliphatic heterocycles. The summed E-state index contributed by atoms with van der Waals surface area (Å²) in [6, 6.07) is 5.82. The molecule has 0 aromatic heterocycles. The Balaban J connectivity index is 0.00000180. The molecule has 0 bridgehead atoms. The van der Waals surface area contributed by atoms with Crippen molar-refractivity contribution in [3.8, 4) is 0 Å². The van der Waals surface area contributed by atoms with Crippen molar-refractivity contribution >= 4 is 39.9 Å². The van der Waals surface area contributed by atoms with Crippen molar-refractivity contribution in [3.63, 3.8) is 0 Å². The molecular weight excluding hydrogens is 354 g/mol. The van der Waals surface area contributed by atoms with Crippen LogP contribution in [-0.4, -0.2) is 37.8 Å². The molecule has 1 aliphatic rings. The van der Waals surface area contributed by atoms with Gasteiger partial charge in [0.25, 0.3) is 0 Å². The van der Waals surface area contributed by atoms with Crippen LogP contribution in [0.2, 0.25) is 5.02 Å². The van der Waals surface area contributed by atoms with Crippen molar-refractivity contribution in [2.45, 2.75) is 12.5 Å². The molecule has 2 nitrogen and oxygen atoms in total. The topological polar surface area (TPSA) is 15.3 Å². The molecule has 108 valence electrons. The Bertz CT molecular complexity index is 400. The van der Waals surface area contributed by atoms with Crippen LogP contribution in [0.3, 0.4) is 0 Å². The molecule has 0 saturated carbocycles. The summed E-state index contributed by atoms with van der Waals surface area (Å²) >= 11 is 9.60. The first-order valence-corrected chi connectivity index (χ1v) is 7.35. The van der Waals surface area contributed by atoms with E-state index in [0.717, 1.165) is 36.2 Å². The highest BCUT2D eigenvalue weighted by atomic mass is 79.9. The van der Waals surface area contributed by atoms with Gasteiger partial charge in [-0.2, -0.15) is 0 Å². The third kappa shape index (κ3) is 4.57. The lowest BCUT2D eigenvalue weighted by atomic mass is 10.0. The monoisotopic (exact) mass is 370 g/mol. The van der Waals surface area contributed by atoms with Gasteiger partial charge in [0.2, 0.25) is 0 Å². The molecular formula is C13H18BrCl2FN2. The van der Waals surface area contributed by atoms with Crippen molar-refractivity contribution in [1.29, 1.82) is 0 Å². The predicted octanol–water partition coefficient (Wildman–Crippen LogP) is 3.83. The molecule has 6 heteroatoms. The van der Waals surface area contributed by atoms with E-state index in [4.69, 9.17) is 11.6 Å². The number of nitrogens with one attached hydrogen (secondary N) is 1. The van der Waals surface area contributed by atoms with Gasteiger partial charge in [0.05, 0.1) is 6.67 Å². The van der Waals surface area contributed by atoms with Crippen LogP contribution in [-0.2, 0) is 0 Å². The Kier molecular flexibility index (Phi) is 7.62. The number of nitrogens with zero attached hydrogens (tertiary/aromatic N) is 1. The first-order valence-electron chi connectivity index (χ1n) is 6.18. The van der Waals surface area contributed by atoms with Gasteiger partial charge in [0.15, 0.2) is 0 Å². The van der Waals surface area contributed by atoms with Gasteiger partial charge < -0.3 is 5.32 Å². The summed E-state index contributed by atoms with van der Waals surface area (Å²) < 4.78 is 13.8. The van der Waals surface area contributed by atoms with E-state index in [1.165, 1.54) is 0 Å². The molecule has 0 unspecified atom stereocenters. The van der Waals surface area contributed by atoms with Gasteiger partial charge in [0, 0.05) is 41.7 Å². The van der Waals surface area contributed by atoms with Crippen LogP contribution in [0.5, 0.6) is 0 Å². The van der Waals surface area contributed by atoms with Gasteiger partial charge >= 0.3 is 0 Å². The van der Waals surface area contributed by atoms with Crippen LogP contribution < -0.4 is 5.32 Å². The average molecular weight is 372 g/mol. The zero-order chi connectivity index (χ0) is 13.0. The fraction of sp³-hybridized carbons (Fsp3) is 0.538. The van der Waals surface area contributed by atoms with Crippen molar-refractivity contribution in [2.24, 2.45) is 0 Å². The molecule has 0 radical (unpaired) electrons. The number of hydrogen-bond acceptors (Lipinski definition) is 2. The molecule has 0 amide bonds. The smallest absolute Gasteiger partial charge is 0.0912 e. The van der Waals surface area contributed by atoms with Gasteiger partial charge in [0.1, 0.15) is 0 Å². The molecule has 1 aromatic carbocycles. The normalized spacial score (nSPS) is 17.8. The van der Waals surface area contributed by atoms with E-state index < -0.39 is 0 Å². The number of halogens is 4. The second-order valence-electron chi connectivity index (χ2n) is 4.45. The highest BCUT2D eigenvalue weighted by molar-refractivity contribution is 9.10. The summed E-state index contributed by atoms with van der Waals surface area (Å²) in [6.45, 7) is 3.50. The second kappa shape index (κ2) is 8.42. The molecule has 19 heavy (non-hydrogen) atoms. The van der Waals surface area contributed by atoms with Gasteiger partial charge in [-0.15, -0.1) is 12.4 Å². The Labute approximate surface area is 133 Å². The first-order chi connectivity index (χ1) is 8.72. The average Bonchev–Trinajstić information content (AvgIpc) is 2.40. The maximum Gasteiger partial charge on any atom is 0.0912 e. The van der Waals surface area contributed by atoms with E-state index >= 15 is 0 Å². The summed E-state index contributed by atoms with van der Waals surface area (Å²) in [6.07, 6.45) is 0.513. The number of benzene rings is 1. The van der Waals surface area contributed by atoms with Gasteiger partial charge in [-0.05, 0) is 30.2 Å².